The molecular weight excluding hydrogens is 385 g/mol. The number of hydrogen-bond donors (Lipinski definition) is 2. The summed E-state index contributed by atoms with van der Waals surface area (Å²) in [5.41, 5.74) is 10.5. The van der Waals surface area contributed by atoms with Crippen molar-refractivity contribution in [2.75, 3.05) is 0 Å². The van der Waals surface area contributed by atoms with E-state index in [1.54, 1.807) is 0 Å². The topological polar surface area (TPSA) is 46.2 Å². The molecule has 2 aromatic rings. The lowest BCUT2D eigenvalue weighted by Crippen LogP contribution is -2.02. The molecule has 3 rings (SSSR count). The minimum atomic E-state index is 0.304. The summed E-state index contributed by atoms with van der Waals surface area (Å²) in [4.78, 5) is 0. The molecule has 22 heavy (non-hydrogen) atoms. The predicted octanol–water partition coefficient (Wildman–Crippen LogP) is 5.01. The number of phenols is 1. The smallest absolute Gasteiger partial charge is 0.130 e. The van der Waals surface area contributed by atoms with Gasteiger partial charge in [0.1, 0.15) is 5.75 Å². The van der Waals surface area contributed by atoms with E-state index in [4.69, 9.17) is 5.73 Å². The number of rotatable bonds is 2. The fraction of sp³-hybridized carbons (Fsp3) is 0.0526. The van der Waals surface area contributed by atoms with Crippen LogP contribution in [0.1, 0.15) is 12.0 Å². The lowest BCUT2D eigenvalue weighted by molar-refractivity contribution is 0.476. The van der Waals surface area contributed by atoms with Crippen LogP contribution in [-0.2, 0) is 0 Å². The van der Waals surface area contributed by atoms with E-state index >= 15 is 0 Å². The quantitative estimate of drug-likeness (QED) is 0.696. The Kier molecular flexibility index (Phi) is 4.34. The first-order chi connectivity index (χ1) is 10.6. The molecule has 2 aromatic carbocycles. The van der Waals surface area contributed by atoms with Crippen LogP contribution in [0.25, 0.3) is 17.2 Å². The zero-order chi connectivity index (χ0) is 15.5. The molecule has 1 aliphatic carbocycles. The average molecular weight is 401 g/mol. The van der Waals surface area contributed by atoms with Crippen molar-refractivity contribution in [3.63, 3.8) is 0 Å². The Morgan fingerprint density at radius 1 is 1.00 bits per heavy atom. The van der Waals surface area contributed by atoms with Crippen molar-refractivity contribution in [1.82, 2.24) is 0 Å². The maximum Gasteiger partial charge on any atom is 0.130 e. The fourth-order valence-electron chi connectivity index (χ4n) is 2.49. The number of aromatic hydroxyl groups is 1. The molecule has 3 N–H and O–H groups in total. The second-order valence-electron chi connectivity index (χ2n) is 5.21. The van der Waals surface area contributed by atoms with Gasteiger partial charge in [0.05, 0.1) is 0 Å². The van der Waals surface area contributed by atoms with Gasteiger partial charge >= 0.3 is 0 Å². The molecule has 110 valence electrons. The Bertz CT molecular complexity index is 788. The molecule has 0 aromatic heterocycles. The SMILES string of the molecule is NC1=CC=C(I)C(=Cc2cccc(-c3ccccc3)c2O)C1. The molecule has 0 atom stereocenters. The zero-order valence-corrected chi connectivity index (χ0v) is 14.1. The Morgan fingerprint density at radius 2 is 1.77 bits per heavy atom. The highest BCUT2D eigenvalue weighted by Crippen LogP contribution is 2.36. The first kappa shape index (κ1) is 14.9. The average Bonchev–Trinajstić information content (AvgIpc) is 2.54. The first-order valence-electron chi connectivity index (χ1n) is 7.05. The van der Waals surface area contributed by atoms with Crippen molar-refractivity contribution in [2.24, 2.45) is 5.73 Å². The Labute approximate surface area is 143 Å². The summed E-state index contributed by atoms with van der Waals surface area (Å²) < 4.78 is 1.15. The van der Waals surface area contributed by atoms with E-state index < -0.39 is 0 Å². The van der Waals surface area contributed by atoms with Crippen molar-refractivity contribution in [2.45, 2.75) is 6.42 Å². The summed E-state index contributed by atoms with van der Waals surface area (Å²) >= 11 is 2.30. The summed E-state index contributed by atoms with van der Waals surface area (Å²) in [7, 11) is 0. The second-order valence-corrected chi connectivity index (χ2v) is 6.37. The minimum Gasteiger partial charge on any atom is -0.507 e. The number of halogens is 1. The molecule has 0 unspecified atom stereocenters. The Balaban J connectivity index is 2.03. The zero-order valence-electron chi connectivity index (χ0n) is 12.0. The van der Waals surface area contributed by atoms with Crippen LogP contribution in [0.4, 0.5) is 0 Å². The van der Waals surface area contributed by atoms with Crippen LogP contribution in [0.15, 0.2) is 75.5 Å². The fourth-order valence-corrected chi connectivity index (χ4v) is 3.01. The van der Waals surface area contributed by atoms with Crippen LogP contribution >= 0.6 is 22.6 Å². The van der Waals surface area contributed by atoms with Gasteiger partial charge in [0.2, 0.25) is 0 Å². The molecule has 1 aliphatic rings. The standard InChI is InChI=1S/C19H16INO/c20-18-10-9-16(21)12-15(18)11-14-7-4-8-17(19(14)22)13-5-2-1-3-6-13/h1-11,22H,12,21H2. The van der Waals surface area contributed by atoms with E-state index in [1.165, 1.54) is 0 Å². The molecule has 0 saturated heterocycles. The maximum absolute atomic E-state index is 10.6. The summed E-state index contributed by atoms with van der Waals surface area (Å²) in [5.74, 6) is 0.304. The predicted molar refractivity (Wildman–Crippen MR) is 101 cm³/mol. The maximum atomic E-state index is 10.6. The lowest BCUT2D eigenvalue weighted by atomic mass is 9.98. The molecule has 0 fully saturated rings. The van der Waals surface area contributed by atoms with Crippen LogP contribution in [0.2, 0.25) is 0 Å². The summed E-state index contributed by atoms with van der Waals surface area (Å²) in [6.45, 7) is 0. The van der Waals surface area contributed by atoms with Crippen LogP contribution in [0.5, 0.6) is 5.75 Å². The van der Waals surface area contributed by atoms with E-state index in [2.05, 4.69) is 22.6 Å². The third kappa shape index (κ3) is 3.09. The highest BCUT2D eigenvalue weighted by molar-refractivity contribution is 14.1. The van der Waals surface area contributed by atoms with Crippen molar-refractivity contribution < 1.29 is 5.11 Å². The molecule has 0 radical (unpaired) electrons. The highest BCUT2D eigenvalue weighted by Gasteiger charge is 2.11. The monoisotopic (exact) mass is 401 g/mol. The molecule has 0 aliphatic heterocycles. The molecule has 0 heterocycles. The number of para-hydroxylation sites is 1. The number of nitrogens with two attached hydrogens (primary N) is 1. The molecule has 2 nitrogen and oxygen atoms in total. The third-order valence-electron chi connectivity index (χ3n) is 3.63. The van der Waals surface area contributed by atoms with Crippen LogP contribution in [0.3, 0.4) is 0 Å². The van der Waals surface area contributed by atoms with Gasteiger partial charge in [0, 0.05) is 26.8 Å². The van der Waals surface area contributed by atoms with Gasteiger partial charge in [-0.2, -0.15) is 0 Å². The summed E-state index contributed by atoms with van der Waals surface area (Å²) in [6, 6.07) is 15.7. The molecule has 0 spiro atoms. The van der Waals surface area contributed by atoms with E-state index in [-0.39, 0.29) is 0 Å². The highest BCUT2D eigenvalue weighted by atomic mass is 127. The summed E-state index contributed by atoms with van der Waals surface area (Å²) in [5, 5.41) is 10.6. The largest absolute Gasteiger partial charge is 0.507 e. The molecule has 3 heteroatoms. The third-order valence-corrected chi connectivity index (χ3v) is 4.68. The number of phenolic OH excluding ortho intramolecular Hbond substituents is 1. The minimum absolute atomic E-state index is 0.304. The van der Waals surface area contributed by atoms with Gasteiger partial charge < -0.3 is 10.8 Å². The number of hydrogen-bond acceptors (Lipinski definition) is 2. The van der Waals surface area contributed by atoms with Crippen molar-refractivity contribution >= 4 is 28.7 Å². The normalized spacial score (nSPS) is 16.3. The van der Waals surface area contributed by atoms with Crippen molar-refractivity contribution in [1.29, 1.82) is 0 Å². The second kappa shape index (κ2) is 6.40. The van der Waals surface area contributed by atoms with E-state index in [1.807, 2.05) is 66.8 Å². The number of allylic oxidation sites excluding steroid dienone is 4. The molecule has 0 bridgehead atoms. The Hall–Kier alpha value is -2.01. The summed E-state index contributed by atoms with van der Waals surface area (Å²) in [6.07, 6.45) is 6.66. The van der Waals surface area contributed by atoms with Gasteiger partial charge in [-0.3, -0.25) is 0 Å². The van der Waals surface area contributed by atoms with E-state index in [9.17, 15) is 5.11 Å². The number of benzene rings is 2. The molecular formula is C19H16INO. The van der Waals surface area contributed by atoms with Gasteiger partial charge in [0.15, 0.2) is 0 Å². The molecule has 0 amide bonds. The first-order valence-corrected chi connectivity index (χ1v) is 8.13. The molecule has 0 saturated carbocycles. The van der Waals surface area contributed by atoms with Crippen LogP contribution in [-0.4, -0.2) is 5.11 Å². The van der Waals surface area contributed by atoms with Crippen LogP contribution < -0.4 is 5.73 Å². The van der Waals surface area contributed by atoms with E-state index in [0.717, 1.165) is 31.5 Å². The lowest BCUT2D eigenvalue weighted by Gasteiger charge is -2.13. The Morgan fingerprint density at radius 3 is 2.55 bits per heavy atom. The van der Waals surface area contributed by atoms with Gasteiger partial charge in [-0.05, 0) is 52.0 Å². The van der Waals surface area contributed by atoms with E-state index in [0.29, 0.717) is 12.2 Å². The van der Waals surface area contributed by atoms with Gasteiger partial charge in [-0.25, -0.2) is 0 Å². The van der Waals surface area contributed by atoms with Crippen molar-refractivity contribution in [3.05, 3.63) is 81.1 Å². The van der Waals surface area contributed by atoms with Gasteiger partial charge in [-0.1, -0.05) is 48.5 Å². The van der Waals surface area contributed by atoms with Crippen LogP contribution in [0, 0.1) is 0 Å². The van der Waals surface area contributed by atoms with Gasteiger partial charge in [-0.15, -0.1) is 0 Å². The van der Waals surface area contributed by atoms with Gasteiger partial charge in [0.25, 0.3) is 0 Å². The van der Waals surface area contributed by atoms with Crippen molar-refractivity contribution in [3.8, 4) is 16.9 Å².